The molecule has 0 saturated carbocycles. The van der Waals surface area contributed by atoms with E-state index in [9.17, 15) is 24.7 Å². The molecule has 0 radical (unpaired) electrons. The largest absolute Gasteiger partial charge is 0.477 e. The Bertz CT molecular complexity index is 1220. The summed E-state index contributed by atoms with van der Waals surface area (Å²) in [6, 6.07) is -0.987. The van der Waals surface area contributed by atoms with Gasteiger partial charge in [-0.05, 0) is 22.9 Å². The number of fused-ring (bicyclic) bond motifs is 1. The van der Waals surface area contributed by atoms with E-state index in [1.165, 1.54) is 21.8 Å². The summed E-state index contributed by atoms with van der Waals surface area (Å²) in [6.45, 7) is 2.07. The highest BCUT2D eigenvalue weighted by Gasteiger charge is 2.54. The van der Waals surface area contributed by atoms with Crippen LogP contribution in [-0.4, -0.2) is 81.1 Å². The van der Waals surface area contributed by atoms with Gasteiger partial charge in [0, 0.05) is 11.1 Å². The van der Waals surface area contributed by atoms with Crippen LogP contribution in [0.15, 0.2) is 34.0 Å². The Balaban J connectivity index is 1.49. The van der Waals surface area contributed by atoms with Gasteiger partial charge in [0.15, 0.2) is 10.8 Å². The van der Waals surface area contributed by atoms with Crippen molar-refractivity contribution in [1.82, 2.24) is 35.4 Å². The third-order valence-electron chi connectivity index (χ3n) is 4.87. The van der Waals surface area contributed by atoms with E-state index >= 15 is 0 Å². The summed E-state index contributed by atoms with van der Waals surface area (Å²) in [4.78, 5) is 42.3. The molecular formula is C17H17N9O5S2. The van der Waals surface area contributed by atoms with Gasteiger partial charge >= 0.3 is 5.97 Å². The summed E-state index contributed by atoms with van der Waals surface area (Å²) in [5, 5.41) is 36.5. The molecule has 2 atom stereocenters. The zero-order chi connectivity index (χ0) is 23.7. The number of oxime groups is 1. The molecule has 1 fully saturated rings. The minimum Gasteiger partial charge on any atom is -0.477 e. The smallest absolute Gasteiger partial charge is 0.352 e. The molecule has 0 aromatic carbocycles. The lowest BCUT2D eigenvalue weighted by molar-refractivity contribution is -0.150. The first-order valence-corrected chi connectivity index (χ1v) is 11.3. The van der Waals surface area contributed by atoms with Gasteiger partial charge in [0.1, 0.15) is 28.6 Å². The summed E-state index contributed by atoms with van der Waals surface area (Å²) in [5.74, 6) is -1.77. The number of anilines is 1. The molecule has 14 nitrogen and oxygen atoms in total. The van der Waals surface area contributed by atoms with Crippen LogP contribution in [-0.2, 0) is 20.9 Å². The van der Waals surface area contributed by atoms with Crippen molar-refractivity contribution in [3.63, 3.8) is 0 Å². The van der Waals surface area contributed by atoms with E-state index in [0.29, 0.717) is 23.7 Å². The number of aliphatic carboxylic acids is 1. The van der Waals surface area contributed by atoms with Crippen LogP contribution in [0.4, 0.5) is 5.13 Å². The first kappa shape index (κ1) is 22.4. The Labute approximate surface area is 193 Å². The highest BCUT2D eigenvalue weighted by atomic mass is 32.2. The molecule has 0 spiro atoms. The molecule has 2 aromatic heterocycles. The number of hydrogen-bond acceptors (Lipinski definition) is 12. The highest BCUT2D eigenvalue weighted by Crippen LogP contribution is 2.40. The van der Waals surface area contributed by atoms with E-state index in [-0.39, 0.29) is 16.5 Å². The number of nitrogens with zero attached hydrogens (tertiary/aromatic N) is 7. The molecule has 33 heavy (non-hydrogen) atoms. The lowest BCUT2D eigenvalue weighted by Gasteiger charge is -2.49. The zero-order valence-corrected chi connectivity index (χ0v) is 18.6. The normalized spacial score (nSPS) is 20.7. The number of nitrogens with one attached hydrogen (secondary N) is 1. The molecule has 0 aliphatic carbocycles. The standard InChI is InChI=1S/C17H17N9O5S2/c1-7-21-23-24-25(7)4-2-3-8-5-32-15-11(14(28)26(15)12(8)16(29)30)20-13(27)10(22-31)9-6-33-17(18)19-9/h2-3,6,11,15,31H,4-5H2,1H3,(H2,18,19)(H,20,27)(H,29,30)/b3-2+,22-10?/t11?,15-/m1/s1. The van der Waals surface area contributed by atoms with E-state index in [2.05, 4.69) is 31.0 Å². The topological polar surface area (TPSA) is 202 Å². The van der Waals surface area contributed by atoms with Gasteiger partial charge in [0.25, 0.3) is 11.8 Å². The molecule has 5 N–H and O–H groups in total. The van der Waals surface area contributed by atoms with E-state index in [0.717, 1.165) is 16.2 Å². The fourth-order valence-corrected chi connectivity index (χ4v) is 5.17. The van der Waals surface area contributed by atoms with Gasteiger partial charge in [-0.25, -0.2) is 14.5 Å². The van der Waals surface area contributed by atoms with E-state index < -0.39 is 34.9 Å². The minimum atomic E-state index is -1.26. The average Bonchev–Trinajstić information content (AvgIpc) is 3.39. The van der Waals surface area contributed by atoms with E-state index in [1.54, 1.807) is 19.1 Å². The quantitative estimate of drug-likeness (QED) is 0.163. The number of aryl methyl sites for hydroxylation is 1. The van der Waals surface area contributed by atoms with Crippen LogP contribution in [0, 0.1) is 6.92 Å². The number of carboxylic acids is 1. The number of nitrogen functional groups attached to an aromatic ring is 1. The van der Waals surface area contributed by atoms with Crippen molar-refractivity contribution >= 4 is 51.7 Å². The van der Waals surface area contributed by atoms with Gasteiger partial charge in [-0.1, -0.05) is 17.3 Å². The monoisotopic (exact) mass is 491 g/mol. The van der Waals surface area contributed by atoms with Gasteiger partial charge in [-0.2, -0.15) is 0 Å². The SMILES string of the molecule is Cc1nnnn1C/C=C/C1=C(C(=O)O)N2C(=O)C(NC(=O)C(=NO)c3csc(N)n3)[C@H]2SC1. The number of aromatic nitrogens is 5. The number of β-lactam (4-membered cyclic amide) rings is 1. The molecule has 2 aromatic rings. The number of nitrogens with two attached hydrogens (primary N) is 1. The fourth-order valence-electron chi connectivity index (χ4n) is 3.30. The van der Waals surface area contributed by atoms with E-state index in [4.69, 9.17) is 5.73 Å². The Kier molecular flexibility index (Phi) is 6.10. The van der Waals surface area contributed by atoms with Gasteiger partial charge in [-0.15, -0.1) is 28.2 Å². The molecule has 1 saturated heterocycles. The molecule has 1 unspecified atom stereocenters. The number of thioether (sulfide) groups is 1. The third-order valence-corrected chi connectivity index (χ3v) is 6.85. The van der Waals surface area contributed by atoms with Crippen LogP contribution < -0.4 is 11.1 Å². The van der Waals surface area contributed by atoms with Gasteiger partial charge in [0.05, 0.1) is 6.54 Å². The maximum absolute atomic E-state index is 12.8. The molecule has 4 rings (SSSR count). The number of amides is 2. The minimum absolute atomic E-state index is 0.0637. The van der Waals surface area contributed by atoms with Crippen molar-refractivity contribution < 1.29 is 24.7 Å². The molecular weight excluding hydrogens is 474 g/mol. The predicted octanol–water partition coefficient (Wildman–Crippen LogP) is -0.806. The summed E-state index contributed by atoms with van der Waals surface area (Å²) in [5.41, 5.74) is 5.51. The first-order chi connectivity index (χ1) is 15.8. The number of hydrogen-bond donors (Lipinski definition) is 4. The summed E-state index contributed by atoms with van der Waals surface area (Å²) >= 11 is 2.36. The molecule has 4 heterocycles. The van der Waals surface area contributed by atoms with Crippen molar-refractivity contribution in [1.29, 1.82) is 0 Å². The number of thiazole rings is 1. The Morgan fingerprint density at radius 1 is 1.45 bits per heavy atom. The van der Waals surface area contributed by atoms with Crippen molar-refractivity contribution in [2.75, 3.05) is 11.5 Å². The van der Waals surface area contributed by atoms with Crippen LogP contribution >= 0.6 is 23.1 Å². The molecule has 0 bridgehead atoms. The summed E-state index contributed by atoms with van der Waals surface area (Å²) in [7, 11) is 0. The number of tetrazole rings is 1. The summed E-state index contributed by atoms with van der Waals surface area (Å²) < 4.78 is 1.53. The first-order valence-electron chi connectivity index (χ1n) is 9.36. The Morgan fingerprint density at radius 2 is 2.24 bits per heavy atom. The summed E-state index contributed by atoms with van der Waals surface area (Å²) in [6.07, 6.45) is 3.33. The number of carbonyl (C=O) groups is 3. The number of allylic oxidation sites excluding steroid dienone is 2. The average molecular weight is 492 g/mol. The van der Waals surface area contributed by atoms with Crippen molar-refractivity contribution in [2.45, 2.75) is 24.9 Å². The number of rotatable bonds is 7. The second-order valence-electron chi connectivity index (χ2n) is 6.87. The number of carbonyl (C=O) groups excluding carboxylic acids is 2. The molecule has 16 heteroatoms. The Hall–Kier alpha value is -3.79. The molecule has 172 valence electrons. The third kappa shape index (κ3) is 4.17. The van der Waals surface area contributed by atoms with Crippen LogP contribution in [0.1, 0.15) is 11.5 Å². The predicted molar refractivity (Wildman–Crippen MR) is 116 cm³/mol. The van der Waals surface area contributed by atoms with Gasteiger partial charge in [-0.3, -0.25) is 14.5 Å². The molecule has 2 amide bonds. The van der Waals surface area contributed by atoms with Crippen LogP contribution in [0.2, 0.25) is 0 Å². The van der Waals surface area contributed by atoms with Gasteiger partial charge in [0.2, 0.25) is 0 Å². The zero-order valence-electron chi connectivity index (χ0n) is 16.9. The maximum Gasteiger partial charge on any atom is 0.352 e. The second kappa shape index (κ2) is 8.99. The second-order valence-corrected chi connectivity index (χ2v) is 8.86. The van der Waals surface area contributed by atoms with E-state index in [1.807, 2.05) is 0 Å². The Morgan fingerprint density at radius 3 is 2.85 bits per heavy atom. The van der Waals surface area contributed by atoms with Crippen LogP contribution in [0.5, 0.6) is 0 Å². The van der Waals surface area contributed by atoms with Crippen LogP contribution in [0.3, 0.4) is 0 Å². The van der Waals surface area contributed by atoms with Crippen molar-refractivity contribution in [2.24, 2.45) is 5.16 Å². The number of carboxylic acid groups (broad SMARTS) is 1. The molecule has 2 aliphatic heterocycles. The fraction of sp³-hybridized carbons (Fsp3) is 0.294. The van der Waals surface area contributed by atoms with Gasteiger partial charge < -0.3 is 21.4 Å². The van der Waals surface area contributed by atoms with Crippen LogP contribution in [0.25, 0.3) is 0 Å². The van der Waals surface area contributed by atoms with Crippen molar-refractivity contribution in [3.8, 4) is 0 Å². The lowest BCUT2D eigenvalue weighted by atomic mass is 10.0. The lowest BCUT2D eigenvalue weighted by Crippen LogP contribution is -2.71. The molecule has 2 aliphatic rings. The highest BCUT2D eigenvalue weighted by molar-refractivity contribution is 8.00. The maximum atomic E-state index is 12.8. The van der Waals surface area contributed by atoms with Crippen molar-refractivity contribution in [3.05, 3.63) is 40.3 Å².